The number of rotatable bonds is 5. The molecule has 0 aromatic heterocycles. The third-order valence-corrected chi connectivity index (χ3v) is 3.45. The number of nitrogens with two attached hydrogens (primary N) is 1. The van der Waals surface area contributed by atoms with Crippen LogP contribution in [0.3, 0.4) is 0 Å². The van der Waals surface area contributed by atoms with Gasteiger partial charge in [-0.25, -0.2) is 0 Å². The molecule has 0 fully saturated rings. The van der Waals surface area contributed by atoms with E-state index in [9.17, 15) is 0 Å². The topological polar surface area (TPSA) is 35.2 Å². The average molecular weight is 269 g/mol. The fourth-order valence-corrected chi connectivity index (χ4v) is 2.29. The van der Waals surface area contributed by atoms with Crippen LogP contribution in [0, 0.1) is 6.92 Å². The first-order valence-corrected chi connectivity index (χ1v) is 7.14. The van der Waals surface area contributed by atoms with E-state index in [0.717, 1.165) is 11.3 Å². The zero-order valence-corrected chi connectivity index (χ0v) is 12.5. The van der Waals surface area contributed by atoms with Crippen molar-refractivity contribution in [3.8, 4) is 5.75 Å². The third-order valence-electron chi connectivity index (χ3n) is 3.45. The Hall–Kier alpha value is -1.80. The Morgan fingerprint density at radius 3 is 2.35 bits per heavy atom. The number of ether oxygens (including phenoxy) is 1. The molecular formula is C18H23NO. The maximum atomic E-state index is 6.20. The summed E-state index contributed by atoms with van der Waals surface area (Å²) in [5.41, 5.74) is 9.44. The van der Waals surface area contributed by atoms with Gasteiger partial charge in [-0.05, 0) is 35.6 Å². The number of hydrogen-bond acceptors (Lipinski definition) is 2. The molecule has 0 bridgehead atoms. The first-order valence-electron chi connectivity index (χ1n) is 7.14. The average Bonchev–Trinajstić information content (AvgIpc) is 2.45. The Morgan fingerprint density at radius 1 is 1.05 bits per heavy atom. The molecule has 1 atom stereocenters. The Bertz CT molecular complexity index is 549. The van der Waals surface area contributed by atoms with E-state index in [4.69, 9.17) is 10.5 Å². The lowest BCUT2D eigenvalue weighted by Crippen LogP contribution is -2.19. The van der Waals surface area contributed by atoms with Gasteiger partial charge in [0.2, 0.25) is 0 Å². The molecule has 2 aromatic rings. The van der Waals surface area contributed by atoms with Crippen LogP contribution in [0.15, 0.2) is 48.5 Å². The number of aryl methyl sites for hydroxylation is 1. The summed E-state index contributed by atoms with van der Waals surface area (Å²) in [6.45, 7) is 6.90. The molecule has 0 radical (unpaired) electrons. The Kier molecular flexibility index (Phi) is 4.80. The fraction of sp³-hybridized carbons (Fsp3) is 0.333. The molecule has 2 N–H and O–H groups in total. The molecule has 0 heterocycles. The predicted molar refractivity (Wildman–Crippen MR) is 84.1 cm³/mol. The van der Waals surface area contributed by atoms with Gasteiger partial charge in [0, 0.05) is 6.54 Å². The lowest BCUT2D eigenvalue weighted by atomic mass is 10.0. The van der Waals surface area contributed by atoms with Crippen LogP contribution < -0.4 is 10.5 Å². The van der Waals surface area contributed by atoms with E-state index in [2.05, 4.69) is 51.1 Å². The first-order chi connectivity index (χ1) is 9.61. The highest BCUT2D eigenvalue weighted by atomic mass is 16.5. The van der Waals surface area contributed by atoms with Crippen LogP contribution >= 0.6 is 0 Å². The largest absolute Gasteiger partial charge is 0.484 e. The lowest BCUT2D eigenvalue weighted by Gasteiger charge is -2.21. The molecule has 2 aromatic carbocycles. The molecule has 0 aliphatic heterocycles. The van der Waals surface area contributed by atoms with Crippen LogP contribution in [0.1, 0.15) is 42.6 Å². The monoisotopic (exact) mass is 269 g/mol. The number of benzene rings is 2. The van der Waals surface area contributed by atoms with Crippen molar-refractivity contribution in [2.24, 2.45) is 5.73 Å². The van der Waals surface area contributed by atoms with Crippen molar-refractivity contribution in [1.29, 1.82) is 0 Å². The standard InChI is InChI=1S/C18H23NO/c1-13(2)16-10-9-14(3)11-17(16)20-18(12-19)15-7-5-4-6-8-15/h4-11,13,18H,12,19H2,1-3H3. The van der Waals surface area contributed by atoms with Gasteiger partial charge in [0.05, 0.1) is 0 Å². The van der Waals surface area contributed by atoms with Crippen molar-refractivity contribution in [1.82, 2.24) is 0 Å². The van der Waals surface area contributed by atoms with E-state index in [-0.39, 0.29) is 6.10 Å². The molecule has 0 aliphatic rings. The van der Waals surface area contributed by atoms with Gasteiger partial charge in [0.1, 0.15) is 11.9 Å². The lowest BCUT2D eigenvalue weighted by molar-refractivity contribution is 0.211. The highest BCUT2D eigenvalue weighted by molar-refractivity contribution is 5.39. The molecule has 0 saturated carbocycles. The van der Waals surface area contributed by atoms with Crippen LogP contribution in [0.5, 0.6) is 5.75 Å². The highest BCUT2D eigenvalue weighted by Gasteiger charge is 2.15. The summed E-state index contributed by atoms with van der Waals surface area (Å²) in [5.74, 6) is 1.37. The zero-order chi connectivity index (χ0) is 14.5. The smallest absolute Gasteiger partial charge is 0.136 e. The van der Waals surface area contributed by atoms with Crippen LogP contribution in [-0.4, -0.2) is 6.54 Å². The van der Waals surface area contributed by atoms with Crippen LogP contribution in [0.2, 0.25) is 0 Å². The van der Waals surface area contributed by atoms with Crippen LogP contribution in [0.4, 0.5) is 0 Å². The van der Waals surface area contributed by atoms with Gasteiger partial charge in [-0.1, -0.05) is 56.3 Å². The molecule has 0 saturated heterocycles. The van der Waals surface area contributed by atoms with E-state index in [1.165, 1.54) is 11.1 Å². The molecule has 1 unspecified atom stereocenters. The molecule has 0 amide bonds. The van der Waals surface area contributed by atoms with E-state index < -0.39 is 0 Å². The van der Waals surface area contributed by atoms with E-state index in [1.807, 2.05) is 18.2 Å². The second-order valence-electron chi connectivity index (χ2n) is 5.45. The van der Waals surface area contributed by atoms with Crippen LogP contribution in [0.25, 0.3) is 0 Å². The van der Waals surface area contributed by atoms with Gasteiger partial charge in [-0.2, -0.15) is 0 Å². The van der Waals surface area contributed by atoms with Gasteiger partial charge in [0.25, 0.3) is 0 Å². The SMILES string of the molecule is Cc1ccc(C(C)C)c(OC(CN)c2ccccc2)c1. The summed E-state index contributed by atoms with van der Waals surface area (Å²) in [4.78, 5) is 0. The van der Waals surface area contributed by atoms with Crippen molar-refractivity contribution in [2.45, 2.75) is 32.8 Å². The summed E-state index contributed by atoms with van der Waals surface area (Å²) >= 11 is 0. The second kappa shape index (κ2) is 6.58. The highest BCUT2D eigenvalue weighted by Crippen LogP contribution is 2.31. The molecular weight excluding hydrogens is 246 g/mol. The minimum absolute atomic E-state index is 0.101. The summed E-state index contributed by atoms with van der Waals surface area (Å²) < 4.78 is 6.20. The third kappa shape index (κ3) is 3.40. The number of hydrogen-bond donors (Lipinski definition) is 1. The normalized spacial score (nSPS) is 12.4. The van der Waals surface area contributed by atoms with Crippen LogP contribution in [-0.2, 0) is 0 Å². The van der Waals surface area contributed by atoms with E-state index >= 15 is 0 Å². The molecule has 2 rings (SSSR count). The minimum atomic E-state index is -0.101. The maximum Gasteiger partial charge on any atom is 0.136 e. The van der Waals surface area contributed by atoms with Gasteiger partial charge in [-0.15, -0.1) is 0 Å². The maximum absolute atomic E-state index is 6.20. The minimum Gasteiger partial charge on any atom is -0.484 e. The van der Waals surface area contributed by atoms with E-state index in [0.29, 0.717) is 12.5 Å². The molecule has 2 heteroatoms. The summed E-state index contributed by atoms with van der Waals surface area (Å²) in [6, 6.07) is 16.5. The second-order valence-corrected chi connectivity index (χ2v) is 5.45. The molecule has 20 heavy (non-hydrogen) atoms. The Labute approximate surface area is 121 Å². The summed E-state index contributed by atoms with van der Waals surface area (Å²) in [5, 5.41) is 0. The summed E-state index contributed by atoms with van der Waals surface area (Å²) in [6.07, 6.45) is -0.101. The Balaban J connectivity index is 2.30. The van der Waals surface area contributed by atoms with Crippen molar-refractivity contribution < 1.29 is 4.74 Å². The van der Waals surface area contributed by atoms with Gasteiger partial charge >= 0.3 is 0 Å². The quantitative estimate of drug-likeness (QED) is 0.883. The van der Waals surface area contributed by atoms with Crippen molar-refractivity contribution in [2.75, 3.05) is 6.54 Å². The molecule has 0 spiro atoms. The van der Waals surface area contributed by atoms with Crippen molar-refractivity contribution in [3.05, 3.63) is 65.2 Å². The molecule has 2 nitrogen and oxygen atoms in total. The van der Waals surface area contributed by atoms with Gasteiger partial charge < -0.3 is 10.5 Å². The Morgan fingerprint density at radius 2 is 1.75 bits per heavy atom. The van der Waals surface area contributed by atoms with Crippen molar-refractivity contribution >= 4 is 0 Å². The predicted octanol–water partition coefficient (Wildman–Crippen LogP) is 4.20. The van der Waals surface area contributed by atoms with E-state index in [1.54, 1.807) is 0 Å². The molecule has 0 aliphatic carbocycles. The molecule has 106 valence electrons. The summed E-state index contributed by atoms with van der Waals surface area (Å²) in [7, 11) is 0. The fourth-order valence-electron chi connectivity index (χ4n) is 2.29. The first kappa shape index (κ1) is 14.6. The zero-order valence-electron chi connectivity index (χ0n) is 12.5. The van der Waals surface area contributed by atoms with Crippen molar-refractivity contribution in [3.63, 3.8) is 0 Å². The van der Waals surface area contributed by atoms with Gasteiger partial charge in [0.15, 0.2) is 0 Å². The van der Waals surface area contributed by atoms with Gasteiger partial charge in [-0.3, -0.25) is 0 Å².